The second-order valence-electron chi connectivity index (χ2n) is 5.26. The highest BCUT2D eigenvalue weighted by atomic mass is 32.2. The van der Waals surface area contributed by atoms with Crippen LogP contribution in [0.15, 0.2) is 24.3 Å². The van der Waals surface area contributed by atoms with Crippen molar-refractivity contribution in [2.24, 2.45) is 0 Å². The van der Waals surface area contributed by atoms with Crippen LogP contribution in [0.2, 0.25) is 0 Å². The van der Waals surface area contributed by atoms with E-state index in [1.165, 1.54) is 0 Å². The van der Waals surface area contributed by atoms with E-state index in [-0.39, 0.29) is 0 Å². The van der Waals surface area contributed by atoms with Gasteiger partial charge in [-0.1, -0.05) is 12.1 Å². The molecule has 1 rings (SSSR count). The Labute approximate surface area is 108 Å². The summed E-state index contributed by atoms with van der Waals surface area (Å²) >= 11 is 0. The zero-order valence-corrected chi connectivity index (χ0v) is 11.9. The molecule has 1 aromatic carbocycles. The highest BCUT2D eigenvalue weighted by Crippen LogP contribution is 2.18. The zero-order chi connectivity index (χ0) is 14.0. The van der Waals surface area contributed by atoms with Crippen molar-refractivity contribution in [3.05, 3.63) is 29.8 Å². The summed E-state index contributed by atoms with van der Waals surface area (Å²) in [6.45, 7) is 6.91. The van der Waals surface area contributed by atoms with Crippen LogP contribution in [0, 0.1) is 0 Å². The molecule has 0 bridgehead atoms. The monoisotopic (exact) mass is 272 g/mol. The Morgan fingerprint density at radius 2 is 1.89 bits per heavy atom. The third-order valence-corrected chi connectivity index (χ3v) is 3.45. The highest BCUT2D eigenvalue weighted by Gasteiger charge is 2.19. The number of hydrogen-bond acceptors (Lipinski definition) is 3. The molecule has 102 valence electrons. The van der Waals surface area contributed by atoms with Gasteiger partial charge in [0, 0.05) is 5.54 Å². The van der Waals surface area contributed by atoms with Crippen molar-refractivity contribution in [1.29, 1.82) is 0 Å². The van der Waals surface area contributed by atoms with Crippen LogP contribution < -0.4 is 9.44 Å². The zero-order valence-electron chi connectivity index (χ0n) is 11.1. The average Bonchev–Trinajstić information content (AvgIpc) is 2.12. The minimum Gasteiger partial charge on any atom is -0.389 e. The van der Waals surface area contributed by atoms with Crippen LogP contribution in [0.5, 0.6) is 0 Å². The van der Waals surface area contributed by atoms with Crippen LogP contribution >= 0.6 is 0 Å². The molecule has 0 aromatic heterocycles. The average molecular weight is 272 g/mol. The third kappa shape index (κ3) is 5.03. The van der Waals surface area contributed by atoms with Gasteiger partial charge in [0.05, 0.1) is 11.8 Å². The van der Waals surface area contributed by atoms with Gasteiger partial charge in [0.25, 0.3) is 10.2 Å². The van der Waals surface area contributed by atoms with Crippen LogP contribution in [-0.2, 0) is 10.2 Å². The second-order valence-corrected chi connectivity index (χ2v) is 6.67. The first-order chi connectivity index (χ1) is 8.09. The number of hydrogen-bond donors (Lipinski definition) is 3. The van der Waals surface area contributed by atoms with Crippen molar-refractivity contribution in [2.45, 2.75) is 39.3 Å². The minimum absolute atomic E-state index is 0.421. The molecule has 0 aliphatic heterocycles. The van der Waals surface area contributed by atoms with Crippen molar-refractivity contribution >= 4 is 15.9 Å². The highest BCUT2D eigenvalue weighted by molar-refractivity contribution is 7.90. The maximum Gasteiger partial charge on any atom is 0.299 e. The molecule has 0 saturated heterocycles. The van der Waals surface area contributed by atoms with Crippen LogP contribution in [0.25, 0.3) is 0 Å². The second kappa shape index (κ2) is 5.26. The lowest BCUT2D eigenvalue weighted by molar-refractivity contribution is 0.199. The number of nitrogens with one attached hydrogen (secondary N) is 2. The quantitative estimate of drug-likeness (QED) is 0.782. The van der Waals surface area contributed by atoms with Gasteiger partial charge in [0.1, 0.15) is 0 Å². The number of aliphatic hydroxyl groups excluding tert-OH is 1. The summed E-state index contributed by atoms with van der Waals surface area (Å²) in [7, 11) is -3.62. The number of anilines is 1. The van der Waals surface area contributed by atoms with E-state index in [2.05, 4.69) is 9.44 Å². The Morgan fingerprint density at radius 1 is 1.28 bits per heavy atom. The van der Waals surface area contributed by atoms with E-state index in [4.69, 9.17) is 0 Å². The molecule has 1 atom stereocenters. The van der Waals surface area contributed by atoms with Crippen molar-refractivity contribution in [2.75, 3.05) is 4.72 Å². The molecule has 0 aliphatic rings. The first kappa shape index (κ1) is 14.9. The summed E-state index contributed by atoms with van der Waals surface area (Å²) in [5, 5.41) is 9.44. The van der Waals surface area contributed by atoms with Gasteiger partial charge in [0.15, 0.2) is 0 Å². The lowest BCUT2D eigenvalue weighted by Crippen LogP contribution is -2.43. The first-order valence-corrected chi connectivity index (χ1v) is 7.17. The van der Waals surface area contributed by atoms with Crippen molar-refractivity contribution in [3.63, 3.8) is 0 Å². The van der Waals surface area contributed by atoms with Gasteiger partial charge in [-0.15, -0.1) is 0 Å². The van der Waals surface area contributed by atoms with Gasteiger partial charge < -0.3 is 5.11 Å². The van der Waals surface area contributed by atoms with Crippen molar-refractivity contribution < 1.29 is 13.5 Å². The van der Waals surface area contributed by atoms with Crippen LogP contribution in [0.4, 0.5) is 5.69 Å². The Morgan fingerprint density at radius 3 is 2.39 bits per heavy atom. The van der Waals surface area contributed by atoms with Crippen LogP contribution in [0.1, 0.15) is 39.4 Å². The van der Waals surface area contributed by atoms with E-state index in [0.717, 1.165) is 0 Å². The fourth-order valence-corrected chi connectivity index (χ4v) is 2.74. The maximum absolute atomic E-state index is 11.8. The molecule has 6 heteroatoms. The molecule has 1 aromatic rings. The largest absolute Gasteiger partial charge is 0.389 e. The lowest BCUT2D eigenvalue weighted by Gasteiger charge is -2.21. The predicted octanol–water partition coefficient (Wildman–Crippen LogP) is 1.78. The lowest BCUT2D eigenvalue weighted by atomic mass is 10.1. The fourth-order valence-electron chi connectivity index (χ4n) is 1.45. The summed E-state index contributed by atoms with van der Waals surface area (Å²) in [5.41, 5.74) is 0.532. The molecular weight excluding hydrogens is 252 g/mol. The molecule has 0 radical (unpaired) electrons. The Balaban J connectivity index is 2.88. The summed E-state index contributed by atoms with van der Waals surface area (Å²) < 4.78 is 28.5. The first-order valence-electron chi connectivity index (χ1n) is 5.69. The van der Waals surface area contributed by atoms with E-state index in [0.29, 0.717) is 11.3 Å². The number of benzene rings is 1. The summed E-state index contributed by atoms with van der Waals surface area (Å²) in [6.07, 6.45) is -0.634. The van der Waals surface area contributed by atoms with Gasteiger partial charge in [0.2, 0.25) is 0 Å². The molecule has 0 spiro atoms. The standard InChI is InChI=1S/C12H20N2O3S/c1-9(15)10-6-5-7-11(8-10)13-18(16,17)14-12(2,3)4/h5-9,13-15H,1-4H3. The number of aliphatic hydroxyl groups is 1. The van der Waals surface area contributed by atoms with Crippen molar-refractivity contribution in [3.8, 4) is 0 Å². The molecule has 0 saturated carbocycles. The molecule has 0 aliphatic carbocycles. The van der Waals surface area contributed by atoms with Gasteiger partial charge in [-0.3, -0.25) is 4.72 Å². The summed E-state index contributed by atoms with van der Waals surface area (Å²) in [6, 6.07) is 6.66. The molecular formula is C12H20N2O3S. The molecule has 0 amide bonds. The van der Waals surface area contributed by atoms with Gasteiger partial charge in [-0.2, -0.15) is 13.1 Å². The van der Waals surface area contributed by atoms with Gasteiger partial charge in [-0.05, 0) is 45.4 Å². The fraction of sp³-hybridized carbons (Fsp3) is 0.500. The van der Waals surface area contributed by atoms with E-state index in [1.54, 1.807) is 52.0 Å². The Hall–Kier alpha value is -1.11. The normalized spacial score (nSPS) is 14.3. The molecule has 18 heavy (non-hydrogen) atoms. The minimum atomic E-state index is -3.62. The van der Waals surface area contributed by atoms with Gasteiger partial charge >= 0.3 is 0 Å². The number of rotatable bonds is 4. The van der Waals surface area contributed by atoms with Gasteiger partial charge in [-0.25, -0.2) is 0 Å². The van der Waals surface area contributed by atoms with Crippen molar-refractivity contribution in [1.82, 2.24) is 4.72 Å². The SMILES string of the molecule is CC(O)c1cccc(NS(=O)(=O)NC(C)(C)C)c1. The topological polar surface area (TPSA) is 78.4 Å². The molecule has 0 heterocycles. The van der Waals surface area contributed by atoms with E-state index >= 15 is 0 Å². The molecule has 0 fully saturated rings. The van der Waals surface area contributed by atoms with E-state index in [9.17, 15) is 13.5 Å². The molecule has 3 N–H and O–H groups in total. The molecule has 5 nitrogen and oxygen atoms in total. The summed E-state index contributed by atoms with van der Waals surface area (Å²) in [5.74, 6) is 0. The Bertz CT molecular complexity index is 504. The van der Waals surface area contributed by atoms with E-state index in [1.807, 2.05) is 0 Å². The predicted molar refractivity (Wildman–Crippen MR) is 72.5 cm³/mol. The Kier molecular flexibility index (Phi) is 4.37. The van der Waals surface area contributed by atoms with Crippen LogP contribution in [-0.4, -0.2) is 19.1 Å². The molecule has 1 unspecified atom stereocenters. The van der Waals surface area contributed by atoms with Crippen LogP contribution in [0.3, 0.4) is 0 Å². The van der Waals surface area contributed by atoms with E-state index < -0.39 is 21.9 Å². The smallest absolute Gasteiger partial charge is 0.299 e. The third-order valence-electron chi connectivity index (χ3n) is 2.06. The summed E-state index contributed by atoms with van der Waals surface area (Å²) in [4.78, 5) is 0. The maximum atomic E-state index is 11.8.